The van der Waals surface area contributed by atoms with Crippen LogP contribution in [0.4, 0.5) is 0 Å². The third kappa shape index (κ3) is 3.99. The Morgan fingerprint density at radius 3 is 1.76 bits per heavy atom. The zero-order valence-electron chi connectivity index (χ0n) is 28.6. The van der Waals surface area contributed by atoms with E-state index in [1.54, 1.807) is 0 Å². The maximum atomic E-state index is 2.46. The highest BCUT2D eigenvalue weighted by molar-refractivity contribution is 6.14. The highest BCUT2D eigenvalue weighted by Gasteiger charge is 2.36. The standard InChI is InChI=1S/C49H34N2/c1-49(2)43-18-10-8-16-37(43)39-29-42-41-28-34(22-25-47(41)50(48(42)30-44(39)49)35-14-4-3-5-15-35)33-21-24-46-40(27-33)38-17-9-11-19-45(38)51(46)36-23-20-31-12-6-7-13-32(31)26-36/h3-30H,1-2H3. The molecule has 0 radical (unpaired) electrons. The summed E-state index contributed by atoms with van der Waals surface area (Å²) < 4.78 is 4.87. The van der Waals surface area contributed by atoms with E-state index >= 15 is 0 Å². The molecule has 2 heterocycles. The first-order chi connectivity index (χ1) is 25.0. The number of rotatable bonds is 3. The van der Waals surface area contributed by atoms with Crippen molar-refractivity contribution >= 4 is 54.4 Å². The van der Waals surface area contributed by atoms with E-state index in [-0.39, 0.29) is 5.41 Å². The van der Waals surface area contributed by atoms with Crippen molar-refractivity contribution < 1.29 is 0 Å². The molecule has 0 N–H and O–H groups in total. The minimum Gasteiger partial charge on any atom is -0.309 e. The molecule has 2 nitrogen and oxygen atoms in total. The minimum absolute atomic E-state index is 0.0648. The molecule has 0 amide bonds. The molecule has 0 saturated heterocycles. The Morgan fingerprint density at radius 1 is 0.353 bits per heavy atom. The zero-order chi connectivity index (χ0) is 33.8. The fourth-order valence-electron chi connectivity index (χ4n) is 8.99. The summed E-state index contributed by atoms with van der Waals surface area (Å²) in [7, 11) is 0. The van der Waals surface area contributed by atoms with Gasteiger partial charge < -0.3 is 9.13 Å². The van der Waals surface area contributed by atoms with E-state index in [4.69, 9.17) is 0 Å². The van der Waals surface area contributed by atoms with Crippen molar-refractivity contribution in [1.82, 2.24) is 9.13 Å². The monoisotopic (exact) mass is 650 g/mol. The Bertz CT molecular complexity index is 3040. The molecule has 8 aromatic carbocycles. The van der Waals surface area contributed by atoms with Gasteiger partial charge in [-0.05, 0) is 111 Å². The van der Waals surface area contributed by atoms with Crippen molar-refractivity contribution in [2.75, 3.05) is 0 Å². The number of benzene rings is 8. The Kier molecular flexibility index (Phi) is 5.76. The van der Waals surface area contributed by atoms with Crippen molar-refractivity contribution in [2.45, 2.75) is 19.3 Å². The van der Waals surface area contributed by atoms with Gasteiger partial charge >= 0.3 is 0 Å². The van der Waals surface area contributed by atoms with Crippen LogP contribution < -0.4 is 0 Å². The van der Waals surface area contributed by atoms with E-state index in [0.29, 0.717) is 0 Å². The average Bonchev–Trinajstić information content (AvgIpc) is 3.76. The van der Waals surface area contributed by atoms with E-state index < -0.39 is 0 Å². The topological polar surface area (TPSA) is 9.86 Å². The number of hydrogen-bond acceptors (Lipinski definition) is 0. The zero-order valence-corrected chi connectivity index (χ0v) is 28.6. The van der Waals surface area contributed by atoms with Crippen LogP contribution >= 0.6 is 0 Å². The lowest BCUT2D eigenvalue weighted by Crippen LogP contribution is -2.14. The second-order valence-corrected chi connectivity index (χ2v) is 14.6. The first kappa shape index (κ1) is 28.5. The number of nitrogens with zero attached hydrogens (tertiary/aromatic N) is 2. The Balaban J connectivity index is 1.14. The van der Waals surface area contributed by atoms with Crippen LogP contribution in [0.1, 0.15) is 25.0 Å². The molecule has 0 spiro atoms. The van der Waals surface area contributed by atoms with Crippen LogP contribution in [0.25, 0.3) is 88.0 Å². The summed E-state index contributed by atoms with van der Waals surface area (Å²) >= 11 is 0. The van der Waals surface area contributed by atoms with Gasteiger partial charge in [0.15, 0.2) is 0 Å². The van der Waals surface area contributed by atoms with Gasteiger partial charge in [0.1, 0.15) is 0 Å². The van der Waals surface area contributed by atoms with Crippen molar-refractivity contribution in [3.05, 3.63) is 181 Å². The molecule has 11 rings (SSSR count). The summed E-state index contributed by atoms with van der Waals surface area (Å²) in [6, 6.07) is 62.9. The van der Waals surface area contributed by atoms with Gasteiger partial charge in [-0.1, -0.05) is 117 Å². The Labute approximate surface area is 296 Å². The normalized spacial score (nSPS) is 13.5. The van der Waals surface area contributed by atoms with Gasteiger partial charge in [0, 0.05) is 38.3 Å². The summed E-state index contributed by atoms with van der Waals surface area (Å²) in [5.41, 5.74) is 15.2. The van der Waals surface area contributed by atoms with Gasteiger partial charge in [-0.3, -0.25) is 0 Å². The van der Waals surface area contributed by atoms with Gasteiger partial charge in [-0.2, -0.15) is 0 Å². The largest absolute Gasteiger partial charge is 0.309 e. The molecule has 2 aromatic heterocycles. The molecule has 0 atom stereocenters. The van der Waals surface area contributed by atoms with Gasteiger partial charge in [0.05, 0.1) is 22.1 Å². The summed E-state index contributed by atoms with van der Waals surface area (Å²) in [5, 5.41) is 7.59. The van der Waals surface area contributed by atoms with Crippen LogP contribution in [0.2, 0.25) is 0 Å². The molecule has 0 aliphatic heterocycles. The molecule has 10 aromatic rings. The van der Waals surface area contributed by atoms with Crippen LogP contribution in [0.5, 0.6) is 0 Å². The second-order valence-electron chi connectivity index (χ2n) is 14.6. The van der Waals surface area contributed by atoms with Crippen LogP contribution in [0, 0.1) is 0 Å². The second kappa shape index (κ2) is 10.3. The van der Waals surface area contributed by atoms with E-state index in [2.05, 4.69) is 193 Å². The summed E-state index contributed by atoms with van der Waals surface area (Å²) in [4.78, 5) is 0. The fraction of sp³-hybridized carbons (Fsp3) is 0.0612. The molecular weight excluding hydrogens is 617 g/mol. The number of para-hydroxylation sites is 2. The quantitative estimate of drug-likeness (QED) is 0.180. The Morgan fingerprint density at radius 2 is 0.961 bits per heavy atom. The predicted octanol–water partition coefficient (Wildman–Crippen LogP) is 13.0. The molecule has 0 saturated carbocycles. The Hall–Kier alpha value is -6.38. The number of fused-ring (bicyclic) bond motifs is 10. The molecule has 1 aliphatic rings. The van der Waals surface area contributed by atoms with Crippen molar-refractivity contribution in [2.24, 2.45) is 0 Å². The third-order valence-corrected chi connectivity index (χ3v) is 11.5. The average molecular weight is 651 g/mol. The predicted molar refractivity (Wildman–Crippen MR) is 216 cm³/mol. The highest BCUT2D eigenvalue weighted by atomic mass is 15.0. The first-order valence-electron chi connectivity index (χ1n) is 17.9. The highest BCUT2D eigenvalue weighted by Crippen LogP contribution is 2.51. The minimum atomic E-state index is -0.0648. The lowest BCUT2D eigenvalue weighted by Gasteiger charge is -2.21. The molecule has 0 fully saturated rings. The van der Waals surface area contributed by atoms with E-state index in [1.807, 2.05) is 0 Å². The van der Waals surface area contributed by atoms with Crippen molar-refractivity contribution in [1.29, 1.82) is 0 Å². The van der Waals surface area contributed by atoms with E-state index in [9.17, 15) is 0 Å². The van der Waals surface area contributed by atoms with Crippen molar-refractivity contribution in [3.8, 4) is 33.6 Å². The number of aromatic nitrogens is 2. The van der Waals surface area contributed by atoms with Crippen LogP contribution in [0.3, 0.4) is 0 Å². The summed E-state index contributed by atoms with van der Waals surface area (Å²) in [5.74, 6) is 0. The van der Waals surface area contributed by atoms with Gasteiger partial charge in [-0.15, -0.1) is 0 Å². The molecule has 2 heteroatoms. The lowest BCUT2D eigenvalue weighted by atomic mass is 9.82. The fourth-order valence-corrected chi connectivity index (χ4v) is 8.99. The van der Waals surface area contributed by atoms with Gasteiger partial charge in [0.25, 0.3) is 0 Å². The van der Waals surface area contributed by atoms with Gasteiger partial charge in [-0.25, -0.2) is 0 Å². The van der Waals surface area contributed by atoms with Crippen LogP contribution in [0.15, 0.2) is 170 Å². The summed E-state index contributed by atoms with van der Waals surface area (Å²) in [6.45, 7) is 4.73. The molecule has 1 aliphatic carbocycles. The maximum Gasteiger partial charge on any atom is 0.0544 e. The SMILES string of the molecule is CC1(C)c2ccccc2-c2cc3c4cc(-c5ccc6c(c5)c5ccccc5n6-c5ccc6ccccc6c5)ccc4n(-c4ccccc4)c3cc21. The van der Waals surface area contributed by atoms with Crippen LogP contribution in [-0.4, -0.2) is 9.13 Å². The number of hydrogen-bond donors (Lipinski definition) is 0. The smallest absolute Gasteiger partial charge is 0.0544 e. The van der Waals surface area contributed by atoms with Crippen molar-refractivity contribution in [3.63, 3.8) is 0 Å². The lowest BCUT2D eigenvalue weighted by molar-refractivity contribution is 0.661. The summed E-state index contributed by atoms with van der Waals surface area (Å²) in [6.07, 6.45) is 0. The molecular formula is C49H34N2. The molecule has 0 unspecified atom stereocenters. The third-order valence-electron chi connectivity index (χ3n) is 11.5. The molecule has 240 valence electrons. The molecule has 0 bridgehead atoms. The molecule has 51 heavy (non-hydrogen) atoms. The van der Waals surface area contributed by atoms with Crippen LogP contribution in [-0.2, 0) is 5.41 Å². The first-order valence-corrected chi connectivity index (χ1v) is 17.9. The van der Waals surface area contributed by atoms with Gasteiger partial charge in [0.2, 0.25) is 0 Å². The van der Waals surface area contributed by atoms with E-state index in [0.717, 1.165) is 0 Å². The maximum absolute atomic E-state index is 2.46. The van der Waals surface area contributed by atoms with E-state index in [1.165, 1.54) is 99.1 Å².